The third-order valence-electron chi connectivity index (χ3n) is 2.87. The summed E-state index contributed by atoms with van der Waals surface area (Å²) in [5, 5.41) is 12.2. The molecule has 1 aromatic carbocycles. The number of rotatable bonds is 4. The monoisotopic (exact) mass is 334 g/mol. The average Bonchev–Trinajstić information content (AvgIpc) is 2.41. The topological polar surface area (TPSA) is 62.2 Å². The number of benzene rings is 1. The summed E-state index contributed by atoms with van der Waals surface area (Å²) in [6.07, 6.45) is 3.89. The van der Waals surface area contributed by atoms with Crippen molar-refractivity contribution in [3.63, 3.8) is 0 Å². The fraction of sp³-hybridized carbons (Fsp3) is 0.200. The zero-order valence-electron chi connectivity index (χ0n) is 11.0. The number of nitrogens with zero attached hydrogens (tertiary/aromatic N) is 1. The lowest BCUT2D eigenvalue weighted by molar-refractivity contribution is 0.0939. The molecule has 0 aliphatic heterocycles. The van der Waals surface area contributed by atoms with Crippen LogP contribution in [0.1, 0.15) is 22.8 Å². The van der Waals surface area contributed by atoms with Crippen LogP contribution in [0.5, 0.6) is 5.75 Å². The van der Waals surface area contributed by atoms with Crippen LogP contribution in [0.4, 0.5) is 0 Å². The number of halogens is 1. The van der Waals surface area contributed by atoms with E-state index in [2.05, 4.69) is 26.2 Å². The smallest absolute Gasteiger partial charge is 0.252 e. The second kappa shape index (κ2) is 6.52. The molecule has 0 saturated heterocycles. The molecule has 1 heterocycles. The van der Waals surface area contributed by atoms with Crippen LogP contribution in [0.3, 0.4) is 0 Å². The maximum Gasteiger partial charge on any atom is 0.252 e. The van der Waals surface area contributed by atoms with Gasteiger partial charge in [-0.25, -0.2) is 0 Å². The lowest BCUT2D eigenvalue weighted by atomic mass is 10.1. The summed E-state index contributed by atoms with van der Waals surface area (Å²) in [6, 6.07) is 8.65. The van der Waals surface area contributed by atoms with E-state index in [9.17, 15) is 9.90 Å². The fourth-order valence-corrected chi connectivity index (χ4v) is 2.33. The zero-order valence-corrected chi connectivity index (χ0v) is 12.6. The van der Waals surface area contributed by atoms with E-state index < -0.39 is 0 Å². The average molecular weight is 335 g/mol. The molecule has 1 amide bonds. The molecule has 0 radical (unpaired) electrons. The first-order valence-electron chi connectivity index (χ1n) is 6.24. The maximum absolute atomic E-state index is 12.1. The molecule has 0 spiro atoms. The van der Waals surface area contributed by atoms with Crippen molar-refractivity contribution in [2.24, 2.45) is 0 Å². The van der Waals surface area contributed by atoms with Gasteiger partial charge >= 0.3 is 0 Å². The van der Waals surface area contributed by atoms with E-state index in [0.717, 1.165) is 5.56 Å². The minimum Gasteiger partial charge on any atom is -0.508 e. The SMILES string of the molecule is C[C@@H](Cc1ccc(O)cc1)NC(=O)c1ccncc1Br. The third kappa shape index (κ3) is 3.81. The largest absolute Gasteiger partial charge is 0.508 e. The number of hydrogen-bond acceptors (Lipinski definition) is 3. The van der Waals surface area contributed by atoms with Crippen LogP contribution in [-0.4, -0.2) is 22.0 Å². The Bertz CT molecular complexity index is 599. The van der Waals surface area contributed by atoms with Gasteiger partial charge < -0.3 is 10.4 Å². The number of nitrogens with one attached hydrogen (secondary N) is 1. The summed E-state index contributed by atoms with van der Waals surface area (Å²) < 4.78 is 0.675. The fourth-order valence-electron chi connectivity index (χ4n) is 1.90. The summed E-state index contributed by atoms with van der Waals surface area (Å²) in [5.74, 6) is 0.108. The van der Waals surface area contributed by atoms with Crippen molar-refractivity contribution in [3.05, 3.63) is 58.3 Å². The van der Waals surface area contributed by atoms with E-state index in [0.29, 0.717) is 16.5 Å². The molecule has 2 N–H and O–H groups in total. The van der Waals surface area contributed by atoms with Gasteiger partial charge in [0.2, 0.25) is 0 Å². The highest BCUT2D eigenvalue weighted by atomic mass is 79.9. The molecule has 4 nitrogen and oxygen atoms in total. The highest BCUT2D eigenvalue weighted by molar-refractivity contribution is 9.10. The van der Waals surface area contributed by atoms with Crippen LogP contribution in [0.2, 0.25) is 0 Å². The molecule has 0 aliphatic carbocycles. The molecule has 2 aromatic rings. The first-order chi connectivity index (χ1) is 9.56. The van der Waals surface area contributed by atoms with Crippen molar-refractivity contribution in [3.8, 4) is 5.75 Å². The van der Waals surface area contributed by atoms with Crippen molar-refractivity contribution < 1.29 is 9.90 Å². The van der Waals surface area contributed by atoms with E-state index >= 15 is 0 Å². The number of carbonyl (C=O) groups is 1. The number of phenolic OH excluding ortho intramolecular Hbond substituents is 1. The minimum absolute atomic E-state index is 0.00731. The standard InChI is InChI=1S/C15H15BrN2O2/c1-10(8-11-2-4-12(19)5-3-11)18-15(20)13-6-7-17-9-14(13)16/h2-7,9-10,19H,8H2,1H3,(H,18,20)/t10-/m0/s1. The summed E-state index contributed by atoms with van der Waals surface area (Å²) in [6.45, 7) is 1.94. The Labute approximate surface area is 126 Å². The molecule has 2 rings (SSSR count). The molecular weight excluding hydrogens is 320 g/mol. The van der Waals surface area contributed by atoms with Crippen molar-refractivity contribution in [2.75, 3.05) is 0 Å². The van der Waals surface area contributed by atoms with E-state index in [1.807, 2.05) is 19.1 Å². The minimum atomic E-state index is -0.134. The number of hydrogen-bond donors (Lipinski definition) is 2. The van der Waals surface area contributed by atoms with Gasteiger partial charge in [0.15, 0.2) is 0 Å². The predicted molar refractivity (Wildman–Crippen MR) is 80.7 cm³/mol. The number of pyridine rings is 1. The van der Waals surface area contributed by atoms with Gasteiger partial charge in [-0.3, -0.25) is 9.78 Å². The zero-order chi connectivity index (χ0) is 14.5. The number of amides is 1. The summed E-state index contributed by atoms with van der Waals surface area (Å²) in [7, 11) is 0. The Balaban J connectivity index is 1.98. The first kappa shape index (κ1) is 14.5. The van der Waals surface area contributed by atoms with Gasteiger partial charge in [0.1, 0.15) is 5.75 Å². The molecule has 1 aromatic heterocycles. The molecule has 0 bridgehead atoms. The number of phenols is 1. The molecule has 0 saturated carbocycles. The quantitative estimate of drug-likeness (QED) is 0.903. The highest BCUT2D eigenvalue weighted by Gasteiger charge is 2.13. The van der Waals surface area contributed by atoms with Crippen LogP contribution in [0, 0.1) is 0 Å². The number of aromatic nitrogens is 1. The molecule has 20 heavy (non-hydrogen) atoms. The second-order valence-electron chi connectivity index (χ2n) is 4.60. The van der Waals surface area contributed by atoms with Crippen molar-refractivity contribution >= 4 is 21.8 Å². The molecule has 0 unspecified atom stereocenters. The van der Waals surface area contributed by atoms with Gasteiger partial charge in [-0.05, 0) is 53.0 Å². The van der Waals surface area contributed by atoms with Crippen molar-refractivity contribution in [1.82, 2.24) is 10.3 Å². The van der Waals surface area contributed by atoms with Crippen molar-refractivity contribution in [1.29, 1.82) is 0 Å². The van der Waals surface area contributed by atoms with Crippen LogP contribution in [0.25, 0.3) is 0 Å². The Morgan fingerprint density at radius 3 is 2.70 bits per heavy atom. The van der Waals surface area contributed by atoms with Crippen LogP contribution in [0.15, 0.2) is 47.2 Å². The lowest BCUT2D eigenvalue weighted by Gasteiger charge is -2.14. The van der Waals surface area contributed by atoms with Gasteiger partial charge in [0.05, 0.1) is 5.56 Å². The van der Waals surface area contributed by atoms with E-state index in [1.165, 1.54) is 0 Å². The van der Waals surface area contributed by atoms with Gasteiger partial charge in [-0.2, -0.15) is 0 Å². The molecule has 5 heteroatoms. The van der Waals surface area contributed by atoms with E-state index in [-0.39, 0.29) is 17.7 Å². The molecular formula is C15H15BrN2O2. The lowest BCUT2D eigenvalue weighted by Crippen LogP contribution is -2.34. The Hall–Kier alpha value is -1.88. The third-order valence-corrected chi connectivity index (χ3v) is 3.50. The Morgan fingerprint density at radius 1 is 1.35 bits per heavy atom. The number of aromatic hydroxyl groups is 1. The Kier molecular flexibility index (Phi) is 4.74. The predicted octanol–water partition coefficient (Wildman–Crippen LogP) is 2.91. The van der Waals surface area contributed by atoms with Gasteiger partial charge in [-0.1, -0.05) is 12.1 Å². The molecule has 0 aliphatic rings. The van der Waals surface area contributed by atoms with Crippen LogP contribution in [-0.2, 0) is 6.42 Å². The Morgan fingerprint density at radius 2 is 2.05 bits per heavy atom. The van der Waals surface area contributed by atoms with Gasteiger partial charge in [-0.15, -0.1) is 0 Å². The van der Waals surface area contributed by atoms with Crippen LogP contribution < -0.4 is 5.32 Å². The number of carbonyl (C=O) groups excluding carboxylic acids is 1. The summed E-state index contributed by atoms with van der Waals surface area (Å²) >= 11 is 3.31. The maximum atomic E-state index is 12.1. The van der Waals surface area contributed by atoms with Crippen molar-refractivity contribution in [2.45, 2.75) is 19.4 Å². The molecule has 1 atom stereocenters. The van der Waals surface area contributed by atoms with E-state index in [1.54, 1.807) is 30.6 Å². The van der Waals surface area contributed by atoms with E-state index in [4.69, 9.17) is 0 Å². The normalized spacial score (nSPS) is 11.9. The second-order valence-corrected chi connectivity index (χ2v) is 5.45. The van der Waals surface area contributed by atoms with Gasteiger partial charge in [0.25, 0.3) is 5.91 Å². The van der Waals surface area contributed by atoms with Gasteiger partial charge in [0, 0.05) is 22.9 Å². The highest BCUT2D eigenvalue weighted by Crippen LogP contribution is 2.15. The first-order valence-corrected chi connectivity index (χ1v) is 7.04. The van der Waals surface area contributed by atoms with Crippen LogP contribution >= 0.6 is 15.9 Å². The molecule has 104 valence electrons. The molecule has 0 fully saturated rings. The summed E-state index contributed by atoms with van der Waals surface area (Å²) in [4.78, 5) is 16.0. The summed E-state index contributed by atoms with van der Waals surface area (Å²) in [5.41, 5.74) is 1.63.